The smallest absolute Gasteiger partial charge is 0.322 e. The van der Waals surface area contributed by atoms with Crippen molar-refractivity contribution in [3.63, 3.8) is 0 Å². The zero-order valence-corrected chi connectivity index (χ0v) is 11.9. The van der Waals surface area contributed by atoms with Crippen LogP contribution in [0.3, 0.4) is 0 Å². The molecule has 0 radical (unpaired) electrons. The van der Waals surface area contributed by atoms with Gasteiger partial charge in [-0.25, -0.2) is 4.79 Å². The van der Waals surface area contributed by atoms with Crippen LogP contribution in [0.1, 0.15) is 29.7 Å². The van der Waals surface area contributed by atoms with E-state index in [4.69, 9.17) is 0 Å². The number of nitrogens with one attached hydrogen (secondary N) is 1. The van der Waals surface area contributed by atoms with E-state index in [1.54, 1.807) is 17.9 Å². The minimum Gasteiger partial charge on any atom is -0.389 e. The van der Waals surface area contributed by atoms with Gasteiger partial charge in [-0.05, 0) is 35.7 Å². The highest BCUT2D eigenvalue weighted by molar-refractivity contribution is 5.89. The number of carbonyl (C=O) groups is 1. The number of hydrogen-bond donors (Lipinski definition) is 2. The highest BCUT2D eigenvalue weighted by Gasteiger charge is 2.22. The van der Waals surface area contributed by atoms with Crippen LogP contribution >= 0.6 is 0 Å². The summed E-state index contributed by atoms with van der Waals surface area (Å²) in [5.74, 6) is 0. The van der Waals surface area contributed by atoms with Gasteiger partial charge >= 0.3 is 6.03 Å². The summed E-state index contributed by atoms with van der Waals surface area (Å²) < 4.78 is 0. The number of aliphatic hydroxyl groups is 1. The van der Waals surface area contributed by atoms with E-state index in [1.807, 2.05) is 30.3 Å². The van der Waals surface area contributed by atoms with Crippen LogP contribution in [-0.2, 0) is 13.1 Å². The number of aliphatic hydroxyl groups excluding tert-OH is 1. The highest BCUT2D eigenvalue weighted by Crippen LogP contribution is 2.23. The molecule has 1 atom stereocenters. The Hall–Kier alpha value is -2.33. The van der Waals surface area contributed by atoms with E-state index in [0.29, 0.717) is 18.8 Å². The third-order valence-corrected chi connectivity index (χ3v) is 3.75. The molecule has 0 saturated heterocycles. The first kappa shape index (κ1) is 13.6. The summed E-state index contributed by atoms with van der Waals surface area (Å²) in [6.45, 7) is 2.98. The van der Waals surface area contributed by atoms with Gasteiger partial charge in [-0.1, -0.05) is 36.4 Å². The SMILES string of the molecule is CC(O)c1cccc(NC(=O)N2Cc3ccccc3C2)c1. The van der Waals surface area contributed by atoms with Gasteiger partial charge in [0.2, 0.25) is 0 Å². The van der Waals surface area contributed by atoms with Crippen molar-refractivity contribution in [3.05, 3.63) is 65.2 Å². The number of fused-ring (bicyclic) bond motifs is 1. The van der Waals surface area contributed by atoms with Gasteiger partial charge in [0.1, 0.15) is 0 Å². The van der Waals surface area contributed by atoms with Gasteiger partial charge in [-0.2, -0.15) is 0 Å². The molecule has 0 fully saturated rings. The molecule has 0 bridgehead atoms. The summed E-state index contributed by atoms with van der Waals surface area (Å²) in [6, 6.07) is 15.3. The summed E-state index contributed by atoms with van der Waals surface area (Å²) >= 11 is 0. The lowest BCUT2D eigenvalue weighted by molar-refractivity contribution is 0.199. The van der Waals surface area contributed by atoms with E-state index in [2.05, 4.69) is 17.4 Å². The van der Waals surface area contributed by atoms with Gasteiger partial charge in [0.15, 0.2) is 0 Å². The summed E-state index contributed by atoms with van der Waals surface area (Å²) in [5, 5.41) is 12.5. The Bertz CT molecular complexity index is 642. The molecule has 4 nitrogen and oxygen atoms in total. The Balaban J connectivity index is 1.69. The molecule has 21 heavy (non-hydrogen) atoms. The Morgan fingerprint density at radius 3 is 2.43 bits per heavy atom. The third-order valence-electron chi connectivity index (χ3n) is 3.75. The molecule has 1 aliphatic heterocycles. The largest absolute Gasteiger partial charge is 0.389 e. The van der Waals surface area contributed by atoms with E-state index < -0.39 is 6.10 Å². The number of benzene rings is 2. The number of hydrogen-bond acceptors (Lipinski definition) is 2. The first-order valence-corrected chi connectivity index (χ1v) is 7.04. The standard InChI is InChI=1S/C17H18N2O2/c1-12(20)13-7-4-8-16(9-13)18-17(21)19-10-14-5-2-3-6-15(14)11-19/h2-9,12,20H,10-11H2,1H3,(H,18,21). The van der Waals surface area contributed by atoms with E-state index in [0.717, 1.165) is 5.56 Å². The predicted molar refractivity (Wildman–Crippen MR) is 81.8 cm³/mol. The van der Waals surface area contributed by atoms with Gasteiger partial charge in [0.25, 0.3) is 0 Å². The summed E-state index contributed by atoms with van der Waals surface area (Å²) in [5.41, 5.74) is 3.89. The molecule has 0 aliphatic carbocycles. The molecule has 2 aromatic rings. The average Bonchev–Trinajstić information content (AvgIpc) is 2.91. The van der Waals surface area contributed by atoms with Crippen molar-refractivity contribution in [3.8, 4) is 0 Å². The predicted octanol–water partition coefficient (Wildman–Crippen LogP) is 3.29. The van der Waals surface area contributed by atoms with Gasteiger partial charge in [0.05, 0.1) is 6.10 Å². The van der Waals surface area contributed by atoms with Crippen LogP contribution in [0.5, 0.6) is 0 Å². The monoisotopic (exact) mass is 282 g/mol. The third kappa shape index (κ3) is 2.90. The first-order valence-electron chi connectivity index (χ1n) is 7.04. The fourth-order valence-electron chi connectivity index (χ4n) is 2.56. The van der Waals surface area contributed by atoms with Crippen LogP contribution in [0.4, 0.5) is 10.5 Å². The molecule has 0 saturated carbocycles. The first-order chi connectivity index (χ1) is 10.1. The Kier molecular flexibility index (Phi) is 3.62. The Morgan fingerprint density at radius 1 is 1.14 bits per heavy atom. The normalized spacial score (nSPS) is 14.7. The lowest BCUT2D eigenvalue weighted by Crippen LogP contribution is -2.30. The Labute approximate surface area is 124 Å². The number of rotatable bonds is 2. The second-order valence-corrected chi connectivity index (χ2v) is 5.36. The minimum atomic E-state index is -0.544. The van der Waals surface area contributed by atoms with Gasteiger partial charge in [0, 0.05) is 18.8 Å². The fraction of sp³-hybridized carbons (Fsp3) is 0.235. The summed E-state index contributed by atoms with van der Waals surface area (Å²) in [6.07, 6.45) is -0.544. The topological polar surface area (TPSA) is 52.6 Å². The molecule has 0 aromatic heterocycles. The maximum absolute atomic E-state index is 12.3. The molecular formula is C17H18N2O2. The van der Waals surface area contributed by atoms with Gasteiger partial charge < -0.3 is 15.3 Å². The van der Waals surface area contributed by atoms with E-state index >= 15 is 0 Å². The van der Waals surface area contributed by atoms with Crippen LogP contribution < -0.4 is 5.32 Å². The van der Waals surface area contributed by atoms with Crippen molar-refractivity contribution in [1.29, 1.82) is 0 Å². The second-order valence-electron chi connectivity index (χ2n) is 5.36. The van der Waals surface area contributed by atoms with Crippen molar-refractivity contribution >= 4 is 11.7 Å². The molecule has 2 amide bonds. The van der Waals surface area contributed by atoms with Crippen molar-refractivity contribution in [2.45, 2.75) is 26.1 Å². The number of anilines is 1. The number of amides is 2. The van der Waals surface area contributed by atoms with Gasteiger partial charge in [-0.15, -0.1) is 0 Å². The molecule has 2 aromatic carbocycles. The molecule has 0 spiro atoms. The molecule has 1 heterocycles. The number of carbonyl (C=O) groups excluding carboxylic acids is 1. The highest BCUT2D eigenvalue weighted by atomic mass is 16.3. The fourth-order valence-corrected chi connectivity index (χ4v) is 2.56. The maximum Gasteiger partial charge on any atom is 0.322 e. The molecule has 3 rings (SSSR count). The minimum absolute atomic E-state index is 0.117. The van der Waals surface area contributed by atoms with Crippen molar-refractivity contribution < 1.29 is 9.90 Å². The molecule has 1 aliphatic rings. The zero-order valence-electron chi connectivity index (χ0n) is 11.9. The van der Waals surface area contributed by atoms with Crippen LogP contribution in [0.15, 0.2) is 48.5 Å². The lowest BCUT2D eigenvalue weighted by atomic mass is 10.1. The van der Waals surface area contributed by atoms with E-state index in [-0.39, 0.29) is 6.03 Å². The zero-order chi connectivity index (χ0) is 14.8. The number of urea groups is 1. The Morgan fingerprint density at radius 2 is 1.81 bits per heavy atom. The molecular weight excluding hydrogens is 264 g/mol. The summed E-state index contributed by atoms with van der Waals surface area (Å²) in [4.78, 5) is 14.1. The second kappa shape index (κ2) is 5.58. The van der Waals surface area contributed by atoms with Gasteiger partial charge in [-0.3, -0.25) is 0 Å². The average molecular weight is 282 g/mol. The maximum atomic E-state index is 12.3. The lowest BCUT2D eigenvalue weighted by Gasteiger charge is -2.17. The van der Waals surface area contributed by atoms with E-state index in [9.17, 15) is 9.90 Å². The molecule has 4 heteroatoms. The molecule has 2 N–H and O–H groups in total. The number of nitrogens with zero attached hydrogens (tertiary/aromatic N) is 1. The summed E-state index contributed by atoms with van der Waals surface area (Å²) in [7, 11) is 0. The van der Waals surface area contributed by atoms with Crippen molar-refractivity contribution in [1.82, 2.24) is 4.90 Å². The van der Waals surface area contributed by atoms with Crippen LogP contribution in [-0.4, -0.2) is 16.0 Å². The molecule has 1 unspecified atom stereocenters. The van der Waals surface area contributed by atoms with Crippen molar-refractivity contribution in [2.24, 2.45) is 0 Å². The van der Waals surface area contributed by atoms with Crippen LogP contribution in [0.2, 0.25) is 0 Å². The van der Waals surface area contributed by atoms with Crippen LogP contribution in [0, 0.1) is 0 Å². The van der Waals surface area contributed by atoms with Crippen molar-refractivity contribution in [2.75, 3.05) is 5.32 Å². The molecule has 108 valence electrons. The van der Waals surface area contributed by atoms with Crippen LogP contribution in [0.25, 0.3) is 0 Å². The van der Waals surface area contributed by atoms with E-state index in [1.165, 1.54) is 11.1 Å². The quantitative estimate of drug-likeness (QED) is 0.888.